The molecule has 7 nitrogen and oxygen atoms in total. The number of carbonyl (C=O) groups is 3. The van der Waals surface area contributed by atoms with E-state index >= 15 is 0 Å². The van der Waals surface area contributed by atoms with E-state index in [-0.39, 0.29) is 30.0 Å². The van der Waals surface area contributed by atoms with Crippen LogP contribution in [0.2, 0.25) is 0 Å². The van der Waals surface area contributed by atoms with Crippen LogP contribution in [0.3, 0.4) is 0 Å². The third-order valence-corrected chi connectivity index (χ3v) is 4.13. The van der Waals surface area contributed by atoms with Crippen LogP contribution in [0.15, 0.2) is 40.8 Å². The van der Waals surface area contributed by atoms with Gasteiger partial charge >= 0.3 is 5.97 Å². The molecule has 3 N–H and O–H groups in total. The van der Waals surface area contributed by atoms with Gasteiger partial charge in [-0.3, -0.25) is 9.59 Å². The van der Waals surface area contributed by atoms with E-state index in [2.05, 4.69) is 10.6 Å². The van der Waals surface area contributed by atoms with E-state index in [1.807, 2.05) is 6.92 Å². The highest BCUT2D eigenvalue weighted by Gasteiger charge is 2.39. The molecule has 1 aliphatic carbocycles. The number of carboxylic acids is 1. The van der Waals surface area contributed by atoms with Crippen molar-refractivity contribution in [1.82, 2.24) is 5.32 Å². The number of rotatable bonds is 6. The molecule has 1 saturated carbocycles. The number of nitrogens with one attached hydrogen (secondary N) is 2. The Balaban J connectivity index is 1.58. The molecule has 0 spiro atoms. The van der Waals surface area contributed by atoms with Gasteiger partial charge in [-0.25, -0.2) is 4.79 Å². The van der Waals surface area contributed by atoms with E-state index in [0.29, 0.717) is 22.9 Å². The molecule has 130 valence electrons. The van der Waals surface area contributed by atoms with E-state index in [0.717, 1.165) is 6.42 Å². The first kappa shape index (κ1) is 16.8. The van der Waals surface area contributed by atoms with E-state index in [4.69, 9.17) is 9.52 Å². The molecule has 2 atom stereocenters. The summed E-state index contributed by atoms with van der Waals surface area (Å²) < 4.78 is 5.08. The Hall–Kier alpha value is -3.09. The number of hydrogen-bond acceptors (Lipinski definition) is 4. The third kappa shape index (κ3) is 4.06. The van der Waals surface area contributed by atoms with Crippen molar-refractivity contribution in [1.29, 1.82) is 0 Å². The number of carboxylic acid groups (broad SMARTS) is 1. The van der Waals surface area contributed by atoms with E-state index in [1.165, 1.54) is 12.1 Å². The summed E-state index contributed by atoms with van der Waals surface area (Å²) in [6, 6.07) is 9.49. The molecule has 3 rings (SSSR count). The minimum atomic E-state index is -1.16. The highest BCUT2D eigenvalue weighted by molar-refractivity contribution is 5.98. The summed E-state index contributed by atoms with van der Waals surface area (Å²) in [6.07, 6.45) is 0.896. The van der Waals surface area contributed by atoms with Crippen LogP contribution >= 0.6 is 0 Å². The van der Waals surface area contributed by atoms with Gasteiger partial charge in [0.2, 0.25) is 11.7 Å². The van der Waals surface area contributed by atoms with Crippen molar-refractivity contribution < 1.29 is 23.9 Å². The Morgan fingerprint density at radius 1 is 1.24 bits per heavy atom. The fraction of sp³-hybridized carbons (Fsp3) is 0.278. The SMILES string of the molecule is C[C@@H]1C[C@H]1C(=O)Nc1cccc(C(=O)NCc2ccc(C(=O)O)o2)c1. The zero-order valence-electron chi connectivity index (χ0n) is 13.6. The van der Waals surface area contributed by atoms with Crippen LogP contribution < -0.4 is 10.6 Å². The quantitative estimate of drug-likeness (QED) is 0.747. The number of hydrogen-bond donors (Lipinski definition) is 3. The molecule has 2 amide bonds. The Bertz CT molecular complexity index is 826. The second-order valence-corrected chi connectivity index (χ2v) is 6.14. The summed E-state index contributed by atoms with van der Waals surface area (Å²) in [6.45, 7) is 2.10. The minimum Gasteiger partial charge on any atom is -0.475 e. The smallest absolute Gasteiger partial charge is 0.371 e. The van der Waals surface area contributed by atoms with Gasteiger partial charge in [-0.2, -0.15) is 0 Å². The van der Waals surface area contributed by atoms with Crippen molar-refractivity contribution in [3.63, 3.8) is 0 Å². The molecule has 1 heterocycles. The third-order valence-electron chi connectivity index (χ3n) is 4.13. The summed E-state index contributed by atoms with van der Waals surface area (Å²) in [7, 11) is 0. The maximum absolute atomic E-state index is 12.2. The second kappa shape index (κ2) is 6.80. The number of aromatic carboxylic acids is 1. The van der Waals surface area contributed by atoms with Gasteiger partial charge in [-0.05, 0) is 42.7 Å². The standard InChI is InChI=1S/C18H18N2O5/c1-10-7-14(10)17(22)20-12-4-2-3-11(8-12)16(21)19-9-13-5-6-15(25-13)18(23)24/h2-6,8,10,14H,7,9H2,1H3,(H,19,21)(H,20,22)(H,23,24)/t10-,14-/m1/s1. The van der Waals surface area contributed by atoms with Crippen molar-refractivity contribution in [2.75, 3.05) is 5.32 Å². The monoisotopic (exact) mass is 342 g/mol. The maximum Gasteiger partial charge on any atom is 0.371 e. The number of carbonyl (C=O) groups excluding carboxylic acids is 2. The van der Waals surface area contributed by atoms with Gasteiger partial charge in [0.25, 0.3) is 5.91 Å². The second-order valence-electron chi connectivity index (χ2n) is 6.14. The molecule has 1 aliphatic rings. The molecule has 1 aromatic heterocycles. The highest BCUT2D eigenvalue weighted by atomic mass is 16.4. The summed E-state index contributed by atoms with van der Waals surface area (Å²) in [5.41, 5.74) is 0.967. The fourth-order valence-corrected chi connectivity index (χ4v) is 2.52. The molecular weight excluding hydrogens is 324 g/mol. The van der Waals surface area contributed by atoms with E-state index in [1.54, 1.807) is 24.3 Å². The van der Waals surface area contributed by atoms with Crippen molar-refractivity contribution in [3.8, 4) is 0 Å². The predicted octanol–water partition coefficient (Wildman–Crippen LogP) is 2.50. The normalized spacial score (nSPS) is 18.4. The number of amides is 2. The van der Waals surface area contributed by atoms with Crippen LogP contribution in [0.4, 0.5) is 5.69 Å². The zero-order chi connectivity index (χ0) is 18.0. The largest absolute Gasteiger partial charge is 0.475 e. The van der Waals surface area contributed by atoms with Crippen molar-refractivity contribution in [3.05, 3.63) is 53.5 Å². The van der Waals surface area contributed by atoms with Crippen molar-refractivity contribution in [2.24, 2.45) is 11.8 Å². The first-order chi connectivity index (χ1) is 11.9. The Morgan fingerprint density at radius 2 is 2.00 bits per heavy atom. The van der Waals surface area contributed by atoms with E-state index < -0.39 is 5.97 Å². The fourth-order valence-electron chi connectivity index (χ4n) is 2.52. The van der Waals surface area contributed by atoms with Gasteiger partial charge in [0, 0.05) is 17.2 Å². The zero-order valence-corrected chi connectivity index (χ0v) is 13.6. The van der Waals surface area contributed by atoms with Crippen LogP contribution in [0, 0.1) is 11.8 Å². The summed E-state index contributed by atoms with van der Waals surface area (Å²) in [5, 5.41) is 14.3. The first-order valence-corrected chi connectivity index (χ1v) is 7.95. The summed E-state index contributed by atoms with van der Waals surface area (Å²) in [4.78, 5) is 34.9. The van der Waals surface area contributed by atoms with Crippen LogP contribution in [0.1, 0.15) is 40.0 Å². The lowest BCUT2D eigenvalue weighted by molar-refractivity contribution is -0.117. The van der Waals surface area contributed by atoms with Gasteiger partial charge in [0.1, 0.15) is 5.76 Å². The average Bonchev–Trinajstić information content (AvgIpc) is 3.13. The average molecular weight is 342 g/mol. The summed E-state index contributed by atoms with van der Waals surface area (Å²) >= 11 is 0. The van der Waals surface area contributed by atoms with Gasteiger partial charge in [0.05, 0.1) is 6.54 Å². The molecule has 25 heavy (non-hydrogen) atoms. The maximum atomic E-state index is 12.2. The molecule has 7 heteroatoms. The number of benzene rings is 1. The summed E-state index contributed by atoms with van der Waals surface area (Å²) in [5.74, 6) is -0.895. The predicted molar refractivity (Wildman–Crippen MR) is 89.2 cm³/mol. The van der Waals surface area contributed by atoms with Crippen LogP contribution in [-0.4, -0.2) is 22.9 Å². The molecular formula is C18H18N2O5. The lowest BCUT2D eigenvalue weighted by atomic mass is 10.2. The lowest BCUT2D eigenvalue weighted by Crippen LogP contribution is -2.23. The van der Waals surface area contributed by atoms with Crippen LogP contribution in [-0.2, 0) is 11.3 Å². The van der Waals surface area contributed by atoms with Crippen molar-refractivity contribution in [2.45, 2.75) is 19.9 Å². The molecule has 0 aliphatic heterocycles. The van der Waals surface area contributed by atoms with Gasteiger partial charge < -0.3 is 20.2 Å². The number of anilines is 1. The minimum absolute atomic E-state index is 0.0261. The molecule has 2 aromatic rings. The van der Waals surface area contributed by atoms with Crippen molar-refractivity contribution >= 4 is 23.5 Å². The molecule has 0 unspecified atom stereocenters. The van der Waals surface area contributed by atoms with E-state index in [9.17, 15) is 14.4 Å². The number of furan rings is 1. The van der Waals surface area contributed by atoms with Gasteiger partial charge in [0.15, 0.2) is 0 Å². The van der Waals surface area contributed by atoms with Crippen LogP contribution in [0.5, 0.6) is 0 Å². The Kier molecular flexibility index (Phi) is 4.56. The molecule has 0 radical (unpaired) electrons. The molecule has 0 saturated heterocycles. The van der Waals surface area contributed by atoms with Gasteiger partial charge in [-0.15, -0.1) is 0 Å². The Morgan fingerprint density at radius 3 is 2.64 bits per heavy atom. The van der Waals surface area contributed by atoms with Gasteiger partial charge in [-0.1, -0.05) is 13.0 Å². The highest BCUT2D eigenvalue weighted by Crippen LogP contribution is 2.38. The first-order valence-electron chi connectivity index (χ1n) is 7.95. The van der Waals surface area contributed by atoms with Crippen LogP contribution in [0.25, 0.3) is 0 Å². The Labute approximate surface area is 144 Å². The molecule has 0 bridgehead atoms. The molecule has 1 aromatic carbocycles. The lowest BCUT2D eigenvalue weighted by Gasteiger charge is -2.07. The topological polar surface area (TPSA) is 109 Å². The molecule has 1 fully saturated rings.